The van der Waals surface area contributed by atoms with Crippen molar-refractivity contribution in [2.45, 2.75) is 57.3 Å². The van der Waals surface area contributed by atoms with Crippen LogP contribution < -0.4 is 10.1 Å². The molecule has 2 unspecified atom stereocenters. The number of carbonyl (C=O) groups excluding carboxylic acids is 1. The second-order valence-electron chi connectivity index (χ2n) is 11.1. The lowest BCUT2D eigenvalue weighted by Gasteiger charge is -2.28. The van der Waals surface area contributed by atoms with E-state index < -0.39 is 22.3 Å². The summed E-state index contributed by atoms with van der Waals surface area (Å²) in [6.07, 6.45) is 0.226. The van der Waals surface area contributed by atoms with Gasteiger partial charge in [-0.2, -0.15) is 20.2 Å². The van der Waals surface area contributed by atoms with Crippen molar-refractivity contribution in [1.82, 2.24) is 5.32 Å². The molecule has 0 heterocycles. The van der Waals surface area contributed by atoms with Crippen molar-refractivity contribution in [3.05, 3.63) is 102 Å². The summed E-state index contributed by atoms with van der Waals surface area (Å²) in [6.45, 7) is 5.96. The Bertz CT molecular complexity index is 1290. The number of ether oxygens (including phenoxy) is 2. The lowest BCUT2D eigenvalue weighted by atomic mass is 9.99. The molecule has 1 N–H and O–H groups in total. The zero-order chi connectivity index (χ0) is 29.7. The van der Waals surface area contributed by atoms with Gasteiger partial charge in [0.1, 0.15) is 12.4 Å². The number of rotatable bonds is 15. The topological polar surface area (TPSA) is 90.9 Å². The van der Waals surface area contributed by atoms with E-state index in [4.69, 9.17) is 13.7 Å². The second kappa shape index (κ2) is 15.8. The van der Waals surface area contributed by atoms with Crippen LogP contribution >= 0.6 is 11.8 Å². The van der Waals surface area contributed by atoms with E-state index in [1.165, 1.54) is 0 Å². The van der Waals surface area contributed by atoms with Crippen molar-refractivity contribution < 1.29 is 26.9 Å². The Hall–Kier alpha value is -3.01. The van der Waals surface area contributed by atoms with Gasteiger partial charge in [0.05, 0.1) is 19.5 Å². The maximum absolute atomic E-state index is 13.0. The molecule has 41 heavy (non-hydrogen) atoms. The molecule has 222 valence electrons. The van der Waals surface area contributed by atoms with Gasteiger partial charge in [0.25, 0.3) is 10.1 Å². The van der Waals surface area contributed by atoms with E-state index in [1.54, 1.807) is 18.9 Å². The van der Waals surface area contributed by atoms with E-state index in [9.17, 15) is 13.2 Å². The number of nitrogens with one attached hydrogen (secondary N) is 1. The number of hydrogen-bond acceptors (Lipinski definition) is 7. The molecule has 3 aromatic carbocycles. The van der Waals surface area contributed by atoms with Crippen LogP contribution in [0.3, 0.4) is 0 Å². The van der Waals surface area contributed by atoms with Gasteiger partial charge in [-0.15, -0.1) is 0 Å². The molecule has 0 saturated carbocycles. The first kappa shape index (κ1) is 32.5. The first-order chi connectivity index (χ1) is 19.5. The zero-order valence-electron chi connectivity index (χ0n) is 24.2. The smallest absolute Gasteiger partial charge is 0.407 e. The van der Waals surface area contributed by atoms with Crippen LogP contribution in [0.1, 0.15) is 43.9 Å². The number of thioether (sulfide) groups is 1. The van der Waals surface area contributed by atoms with Crippen LogP contribution in [0.5, 0.6) is 5.75 Å². The highest BCUT2D eigenvalue weighted by Gasteiger charge is 2.28. The molecule has 0 aromatic heterocycles. The Morgan fingerprint density at radius 1 is 0.878 bits per heavy atom. The van der Waals surface area contributed by atoms with E-state index in [1.807, 2.05) is 106 Å². The van der Waals surface area contributed by atoms with E-state index in [2.05, 4.69) is 5.32 Å². The molecule has 0 aliphatic rings. The fourth-order valence-corrected chi connectivity index (χ4v) is 6.49. The molecule has 0 radical (unpaired) electrons. The molecule has 0 saturated heterocycles. The van der Waals surface area contributed by atoms with E-state index >= 15 is 0 Å². The average Bonchev–Trinajstić information content (AvgIpc) is 2.96. The monoisotopic (exact) mass is 599 g/mol. The first-order valence-corrected chi connectivity index (χ1v) is 16.3. The number of methoxy groups -OCH3 is 1. The molecule has 0 aliphatic carbocycles. The normalized spacial score (nSPS) is 13.3. The molecule has 9 heteroatoms. The minimum absolute atomic E-state index is 0.0895. The van der Waals surface area contributed by atoms with Crippen LogP contribution in [-0.2, 0) is 37.8 Å². The van der Waals surface area contributed by atoms with Crippen LogP contribution in [-0.4, -0.2) is 45.3 Å². The fraction of sp³-hybridized carbons (Fsp3) is 0.406. The molecule has 1 amide bonds. The molecule has 2 atom stereocenters. The first-order valence-electron chi connectivity index (χ1n) is 13.7. The van der Waals surface area contributed by atoms with Crippen molar-refractivity contribution in [1.29, 1.82) is 0 Å². The Morgan fingerprint density at radius 2 is 1.49 bits per heavy atom. The molecule has 0 bridgehead atoms. The predicted octanol–water partition coefficient (Wildman–Crippen LogP) is 6.62. The van der Waals surface area contributed by atoms with Gasteiger partial charge in [0.15, 0.2) is 0 Å². The van der Waals surface area contributed by atoms with Crippen molar-refractivity contribution in [2.75, 3.05) is 19.5 Å². The quantitative estimate of drug-likeness (QED) is 0.196. The number of hydrogen-bond donors (Lipinski definition) is 1. The SMILES string of the molecule is COc1ccc(CSC(Cc2ccccc2)C(CCS(=O)(=O)OCC(C)(C)C)NC(=O)OCc2ccccc2)cc1. The summed E-state index contributed by atoms with van der Waals surface area (Å²) in [5, 5.41) is 2.85. The van der Waals surface area contributed by atoms with Crippen LogP contribution in [0.25, 0.3) is 0 Å². The summed E-state index contributed by atoms with van der Waals surface area (Å²) in [5.74, 6) is 1.23. The molecule has 0 aliphatic heterocycles. The molecular weight excluding hydrogens is 558 g/mol. The summed E-state index contributed by atoms with van der Waals surface area (Å²) in [6, 6.07) is 26.8. The summed E-state index contributed by atoms with van der Waals surface area (Å²) in [4.78, 5) is 13.0. The van der Waals surface area contributed by atoms with Crippen LogP contribution in [0.4, 0.5) is 4.79 Å². The fourth-order valence-electron chi connectivity index (χ4n) is 3.95. The van der Waals surface area contributed by atoms with Gasteiger partial charge < -0.3 is 14.8 Å². The van der Waals surface area contributed by atoms with Gasteiger partial charge in [0, 0.05) is 17.0 Å². The Balaban J connectivity index is 1.79. The third-order valence-electron chi connectivity index (χ3n) is 6.22. The van der Waals surface area contributed by atoms with Gasteiger partial charge in [-0.05, 0) is 47.1 Å². The number of carbonyl (C=O) groups is 1. The number of alkyl carbamates (subject to hydrolysis) is 1. The van der Waals surface area contributed by atoms with Gasteiger partial charge in [0.2, 0.25) is 0 Å². The highest BCUT2D eigenvalue weighted by molar-refractivity contribution is 7.99. The lowest BCUT2D eigenvalue weighted by Crippen LogP contribution is -2.44. The Labute approximate surface area is 249 Å². The van der Waals surface area contributed by atoms with Crippen molar-refractivity contribution in [2.24, 2.45) is 5.41 Å². The van der Waals surface area contributed by atoms with Gasteiger partial charge in [-0.3, -0.25) is 4.18 Å². The van der Waals surface area contributed by atoms with E-state index in [0.29, 0.717) is 12.2 Å². The highest BCUT2D eigenvalue weighted by Crippen LogP contribution is 2.27. The maximum Gasteiger partial charge on any atom is 0.407 e. The van der Waals surface area contributed by atoms with Crippen LogP contribution in [0.15, 0.2) is 84.9 Å². The van der Waals surface area contributed by atoms with Crippen LogP contribution in [0, 0.1) is 5.41 Å². The molecule has 7 nitrogen and oxygen atoms in total. The highest BCUT2D eigenvalue weighted by atomic mass is 32.2. The largest absolute Gasteiger partial charge is 0.497 e. The van der Waals surface area contributed by atoms with Crippen molar-refractivity contribution >= 4 is 28.0 Å². The summed E-state index contributed by atoms with van der Waals surface area (Å²) >= 11 is 1.67. The van der Waals surface area contributed by atoms with Crippen LogP contribution in [0.2, 0.25) is 0 Å². The minimum atomic E-state index is -3.80. The van der Waals surface area contributed by atoms with Crippen molar-refractivity contribution in [3.8, 4) is 5.75 Å². The summed E-state index contributed by atoms with van der Waals surface area (Å²) < 4.78 is 41.7. The predicted molar refractivity (Wildman–Crippen MR) is 166 cm³/mol. The molecule has 3 aromatic rings. The summed E-state index contributed by atoms with van der Waals surface area (Å²) in [5.41, 5.74) is 2.76. The second-order valence-corrected chi connectivity index (χ2v) is 14.1. The third kappa shape index (κ3) is 12.6. The Morgan fingerprint density at radius 3 is 2.07 bits per heavy atom. The lowest BCUT2D eigenvalue weighted by molar-refractivity contribution is 0.135. The number of amides is 1. The van der Waals surface area contributed by atoms with Crippen molar-refractivity contribution in [3.63, 3.8) is 0 Å². The zero-order valence-corrected chi connectivity index (χ0v) is 25.9. The maximum atomic E-state index is 13.0. The molecule has 0 spiro atoms. The third-order valence-corrected chi connectivity index (χ3v) is 8.85. The summed E-state index contributed by atoms with van der Waals surface area (Å²) in [7, 11) is -2.17. The van der Waals surface area contributed by atoms with Gasteiger partial charge in [-0.1, -0.05) is 93.6 Å². The Kier molecular flexibility index (Phi) is 12.6. The molecular formula is C32H41NO6S2. The minimum Gasteiger partial charge on any atom is -0.497 e. The number of benzene rings is 3. The van der Waals surface area contributed by atoms with Gasteiger partial charge >= 0.3 is 6.09 Å². The average molecular weight is 600 g/mol. The molecule has 0 fully saturated rings. The standard InChI is InChI=1S/C32H41NO6S2/c1-32(2,3)24-39-41(35,36)20-19-29(33-31(34)38-22-26-13-9-6-10-14-26)30(21-25-11-7-5-8-12-25)40-23-27-15-17-28(37-4)18-16-27/h5-18,29-30H,19-24H2,1-4H3,(H,33,34). The van der Waals surface area contributed by atoms with Gasteiger partial charge in [-0.25, -0.2) is 4.79 Å². The molecule has 3 rings (SSSR count). The van der Waals surface area contributed by atoms with E-state index in [-0.39, 0.29) is 36.1 Å². The van der Waals surface area contributed by atoms with E-state index in [0.717, 1.165) is 22.4 Å².